The zero-order valence-electron chi connectivity index (χ0n) is 10.5. The lowest BCUT2D eigenvalue weighted by atomic mass is 9.86. The Morgan fingerprint density at radius 1 is 1.00 bits per heavy atom. The van der Waals surface area contributed by atoms with Crippen molar-refractivity contribution in [3.8, 4) is 0 Å². The number of aliphatic hydroxyl groups excluding tert-OH is 1. The van der Waals surface area contributed by atoms with Crippen molar-refractivity contribution in [3.05, 3.63) is 47.5 Å². The third-order valence-corrected chi connectivity index (χ3v) is 4.00. The molecule has 0 atom stereocenters. The van der Waals surface area contributed by atoms with E-state index in [1.807, 2.05) is 6.07 Å². The Bertz CT molecular complexity index is 544. The highest BCUT2D eigenvalue weighted by molar-refractivity contribution is 5.89. The van der Waals surface area contributed by atoms with Gasteiger partial charge in [-0.3, -0.25) is 0 Å². The van der Waals surface area contributed by atoms with Crippen molar-refractivity contribution in [2.24, 2.45) is 0 Å². The fraction of sp³-hybridized carbons (Fsp3) is 0.375. The highest BCUT2D eigenvalue weighted by atomic mass is 16.3. The number of nitrogens with one attached hydrogen (secondary N) is 1. The fourth-order valence-corrected chi connectivity index (χ4v) is 3.03. The SMILES string of the molecule is OCc1cccc2c(C3CCNCC3)cccc12. The second-order valence-electron chi connectivity index (χ2n) is 5.04. The molecule has 1 saturated heterocycles. The third-order valence-electron chi connectivity index (χ3n) is 4.00. The second kappa shape index (κ2) is 5.09. The normalized spacial score (nSPS) is 17.2. The largest absolute Gasteiger partial charge is 0.392 e. The van der Waals surface area contributed by atoms with E-state index in [1.54, 1.807) is 0 Å². The number of benzene rings is 2. The predicted molar refractivity (Wildman–Crippen MR) is 74.7 cm³/mol. The van der Waals surface area contributed by atoms with Crippen LogP contribution in [-0.2, 0) is 6.61 Å². The molecule has 1 heterocycles. The van der Waals surface area contributed by atoms with Gasteiger partial charge in [0.1, 0.15) is 0 Å². The zero-order valence-corrected chi connectivity index (χ0v) is 10.5. The van der Waals surface area contributed by atoms with Crippen LogP contribution in [0.15, 0.2) is 36.4 Å². The molecule has 2 N–H and O–H groups in total. The molecule has 2 aromatic carbocycles. The van der Waals surface area contributed by atoms with Gasteiger partial charge >= 0.3 is 0 Å². The van der Waals surface area contributed by atoms with Crippen molar-refractivity contribution >= 4 is 10.8 Å². The molecule has 1 aliphatic heterocycles. The van der Waals surface area contributed by atoms with Crippen molar-refractivity contribution in [3.63, 3.8) is 0 Å². The first kappa shape index (κ1) is 11.7. The van der Waals surface area contributed by atoms with Crippen LogP contribution in [0.25, 0.3) is 10.8 Å². The van der Waals surface area contributed by atoms with Crippen molar-refractivity contribution < 1.29 is 5.11 Å². The summed E-state index contributed by atoms with van der Waals surface area (Å²) in [6, 6.07) is 12.7. The first-order valence-electron chi connectivity index (χ1n) is 6.72. The predicted octanol–water partition coefficient (Wildman–Crippen LogP) is 2.80. The molecule has 0 radical (unpaired) electrons. The lowest BCUT2D eigenvalue weighted by Gasteiger charge is -2.24. The van der Waals surface area contributed by atoms with Crippen molar-refractivity contribution in [1.29, 1.82) is 0 Å². The number of hydrogen-bond donors (Lipinski definition) is 2. The van der Waals surface area contributed by atoms with Crippen LogP contribution in [0.5, 0.6) is 0 Å². The van der Waals surface area contributed by atoms with Gasteiger partial charge in [-0.05, 0) is 53.7 Å². The van der Waals surface area contributed by atoms with Gasteiger partial charge in [-0.15, -0.1) is 0 Å². The van der Waals surface area contributed by atoms with Gasteiger partial charge in [0.2, 0.25) is 0 Å². The molecule has 0 amide bonds. The van der Waals surface area contributed by atoms with Crippen LogP contribution >= 0.6 is 0 Å². The molecule has 0 unspecified atom stereocenters. The lowest BCUT2D eigenvalue weighted by molar-refractivity contribution is 0.283. The van der Waals surface area contributed by atoms with Crippen LogP contribution in [0, 0.1) is 0 Å². The lowest BCUT2D eigenvalue weighted by Crippen LogP contribution is -2.26. The summed E-state index contributed by atoms with van der Waals surface area (Å²) in [5, 5.41) is 15.4. The molecule has 3 rings (SSSR count). The molecule has 1 fully saturated rings. The first-order valence-corrected chi connectivity index (χ1v) is 6.72. The van der Waals surface area contributed by atoms with Crippen molar-refractivity contribution in [1.82, 2.24) is 5.32 Å². The Morgan fingerprint density at radius 2 is 1.72 bits per heavy atom. The van der Waals surface area contributed by atoms with Gasteiger partial charge in [-0.2, -0.15) is 0 Å². The molecule has 0 saturated carbocycles. The van der Waals surface area contributed by atoms with Crippen LogP contribution in [0.3, 0.4) is 0 Å². The van der Waals surface area contributed by atoms with E-state index in [0.29, 0.717) is 5.92 Å². The molecule has 0 bridgehead atoms. The number of fused-ring (bicyclic) bond motifs is 1. The van der Waals surface area contributed by atoms with Gasteiger partial charge in [0.15, 0.2) is 0 Å². The summed E-state index contributed by atoms with van der Waals surface area (Å²) in [5.74, 6) is 0.656. The Balaban J connectivity index is 2.11. The second-order valence-corrected chi connectivity index (χ2v) is 5.04. The summed E-state index contributed by atoms with van der Waals surface area (Å²) in [7, 11) is 0. The molecule has 18 heavy (non-hydrogen) atoms. The molecule has 94 valence electrons. The van der Waals surface area contributed by atoms with E-state index in [2.05, 4.69) is 35.6 Å². The maximum Gasteiger partial charge on any atom is 0.0687 e. The molecule has 2 heteroatoms. The summed E-state index contributed by atoms with van der Waals surface area (Å²) < 4.78 is 0. The van der Waals surface area contributed by atoms with Gasteiger partial charge in [-0.1, -0.05) is 36.4 Å². The van der Waals surface area contributed by atoms with Crippen molar-refractivity contribution in [2.75, 3.05) is 13.1 Å². The number of hydrogen-bond acceptors (Lipinski definition) is 2. The van der Waals surface area contributed by atoms with E-state index in [0.717, 1.165) is 18.7 Å². The molecule has 2 nitrogen and oxygen atoms in total. The third kappa shape index (κ3) is 2.02. The van der Waals surface area contributed by atoms with Gasteiger partial charge in [-0.25, -0.2) is 0 Å². The highest BCUT2D eigenvalue weighted by Crippen LogP contribution is 2.32. The molecular formula is C16H19NO. The quantitative estimate of drug-likeness (QED) is 0.847. The Labute approximate surface area is 108 Å². The summed E-state index contributed by atoms with van der Waals surface area (Å²) in [5.41, 5.74) is 2.48. The number of rotatable bonds is 2. The minimum Gasteiger partial charge on any atom is -0.392 e. The molecule has 0 spiro atoms. The van der Waals surface area contributed by atoms with E-state index in [9.17, 15) is 5.11 Å². The standard InChI is InChI=1S/C16H19NO/c18-11-13-3-1-6-16-14(4-2-5-15(13)16)12-7-9-17-10-8-12/h1-6,12,17-18H,7-11H2. The van der Waals surface area contributed by atoms with E-state index < -0.39 is 0 Å². The molecule has 2 aromatic rings. The van der Waals surface area contributed by atoms with E-state index >= 15 is 0 Å². The topological polar surface area (TPSA) is 32.3 Å². The maximum atomic E-state index is 9.43. The zero-order chi connectivity index (χ0) is 12.4. The fourth-order valence-electron chi connectivity index (χ4n) is 3.03. The molecule has 1 aliphatic rings. The summed E-state index contributed by atoms with van der Waals surface area (Å²) in [4.78, 5) is 0. The average Bonchev–Trinajstić information content (AvgIpc) is 2.47. The average molecular weight is 241 g/mol. The minimum absolute atomic E-state index is 0.118. The monoisotopic (exact) mass is 241 g/mol. The van der Waals surface area contributed by atoms with Crippen LogP contribution in [0.2, 0.25) is 0 Å². The van der Waals surface area contributed by atoms with Gasteiger partial charge < -0.3 is 10.4 Å². The van der Waals surface area contributed by atoms with E-state index in [-0.39, 0.29) is 6.61 Å². The number of aliphatic hydroxyl groups is 1. The Hall–Kier alpha value is -1.38. The van der Waals surface area contributed by atoms with Crippen LogP contribution in [0.4, 0.5) is 0 Å². The summed E-state index contributed by atoms with van der Waals surface area (Å²) in [6.45, 7) is 2.34. The minimum atomic E-state index is 0.118. The molecule has 0 aliphatic carbocycles. The summed E-state index contributed by atoms with van der Waals surface area (Å²) in [6.07, 6.45) is 2.42. The van der Waals surface area contributed by atoms with Crippen molar-refractivity contribution in [2.45, 2.75) is 25.4 Å². The molecule has 0 aromatic heterocycles. The van der Waals surface area contributed by atoms with Crippen LogP contribution in [0.1, 0.15) is 29.9 Å². The van der Waals surface area contributed by atoms with E-state index in [4.69, 9.17) is 0 Å². The molecular weight excluding hydrogens is 222 g/mol. The van der Waals surface area contributed by atoms with Gasteiger partial charge in [0.05, 0.1) is 6.61 Å². The Kier molecular flexibility index (Phi) is 3.31. The first-order chi connectivity index (χ1) is 8.90. The summed E-state index contributed by atoms with van der Waals surface area (Å²) >= 11 is 0. The van der Waals surface area contributed by atoms with E-state index in [1.165, 1.54) is 29.2 Å². The maximum absolute atomic E-state index is 9.43. The van der Waals surface area contributed by atoms with Gasteiger partial charge in [0, 0.05) is 0 Å². The highest BCUT2D eigenvalue weighted by Gasteiger charge is 2.17. The van der Waals surface area contributed by atoms with Crippen LogP contribution in [-0.4, -0.2) is 18.2 Å². The smallest absolute Gasteiger partial charge is 0.0687 e. The number of piperidine rings is 1. The van der Waals surface area contributed by atoms with Gasteiger partial charge in [0.25, 0.3) is 0 Å². The van der Waals surface area contributed by atoms with Crippen LogP contribution < -0.4 is 5.32 Å². The Morgan fingerprint density at radius 3 is 2.50 bits per heavy atom.